The third kappa shape index (κ3) is 3.82. The van der Waals surface area contributed by atoms with Crippen LogP contribution >= 0.6 is 34.7 Å². The minimum Gasteiger partial charge on any atom is -0.357 e. The van der Waals surface area contributed by atoms with E-state index in [1.54, 1.807) is 35.2 Å². The van der Waals surface area contributed by atoms with Crippen LogP contribution in [0.2, 0.25) is 5.02 Å². The Morgan fingerprint density at radius 3 is 2.87 bits per heavy atom. The first-order valence-electron chi connectivity index (χ1n) is 7.07. The summed E-state index contributed by atoms with van der Waals surface area (Å²) in [5, 5.41) is 17.2. The monoisotopic (exact) mass is 365 g/mol. The van der Waals surface area contributed by atoms with Gasteiger partial charge >= 0.3 is 0 Å². The van der Waals surface area contributed by atoms with Gasteiger partial charge in [-0.25, -0.2) is 0 Å². The number of halogens is 1. The first-order valence-corrected chi connectivity index (χ1v) is 9.25. The molecule has 2 aromatic heterocycles. The fourth-order valence-electron chi connectivity index (χ4n) is 1.88. The third-order valence-corrected chi connectivity index (χ3v) is 5.43. The highest BCUT2D eigenvalue weighted by molar-refractivity contribution is 8.00. The molecule has 2 heterocycles. The van der Waals surface area contributed by atoms with Crippen molar-refractivity contribution in [2.24, 2.45) is 0 Å². The lowest BCUT2D eigenvalue weighted by atomic mass is 10.2. The summed E-state index contributed by atoms with van der Waals surface area (Å²) in [5.41, 5.74) is 0.876. The van der Waals surface area contributed by atoms with E-state index in [2.05, 4.69) is 25.7 Å². The minimum absolute atomic E-state index is 0.561. The molecule has 4 rings (SSSR count). The standard InChI is InChI=1S/C14H12ClN5OS2/c15-9-3-1-8(2-4-9)12-17-11(21-20-12)7-22-14-19-18-13(23-14)16-10-5-6-10/h1-4,10H,5-7H2,(H,16,18). The third-order valence-electron chi connectivity index (χ3n) is 3.20. The Bertz CT molecular complexity index is 800. The van der Waals surface area contributed by atoms with Crippen molar-refractivity contribution in [1.29, 1.82) is 0 Å². The fourth-order valence-corrected chi connectivity index (χ4v) is 3.67. The van der Waals surface area contributed by atoms with Crippen molar-refractivity contribution < 1.29 is 4.52 Å². The van der Waals surface area contributed by atoms with Gasteiger partial charge in [0.2, 0.25) is 16.8 Å². The molecule has 6 nitrogen and oxygen atoms in total. The molecule has 0 unspecified atom stereocenters. The zero-order chi connectivity index (χ0) is 15.6. The normalized spacial score (nSPS) is 14.1. The zero-order valence-electron chi connectivity index (χ0n) is 11.9. The van der Waals surface area contributed by atoms with Gasteiger partial charge < -0.3 is 9.84 Å². The number of aromatic nitrogens is 4. The van der Waals surface area contributed by atoms with Crippen molar-refractivity contribution in [1.82, 2.24) is 20.3 Å². The number of hydrogen-bond acceptors (Lipinski definition) is 8. The zero-order valence-corrected chi connectivity index (χ0v) is 14.3. The summed E-state index contributed by atoms with van der Waals surface area (Å²) in [5.74, 6) is 1.69. The van der Waals surface area contributed by atoms with Gasteiger partial charge in [-0.1, -0.05) is 39.9 Å². The van der Waals surface area contributed by atoms with Crippen molar-refractivity contribution in [3.8, 4) is 11.4 Å². The molecule has 0 radical (unpaired) electrons. The molecular weight excluding hydrogens is 354 g/mol. The van der Waals surface area contributed by atoms with Crippen LogP contribution in [0.5, 0.6) is 0 Å². The molecule has 1 aliphatic rings. The maximum absolute atomic E-state index is 5.87. The number of benzene rings is 1. The van der Waals surface area contributed by atoms with Crippen LogP contribution in [-0.4, -0.2) is 26.4 Å². The second-order valence-corrected chi connectivity index (χ2v) is 7.74. The number of rotatable bonds is 6. The Labute approximate surface area is 145 Å². The smallest absolute Gasteiger partial charge is 0.237 e. The summed E-state index contributed by atoms with van der Waals surface area (Å²) < 4.78 is 6.17. The molecule has 0 amide bonds. The summed E-state index contributed by atoms with van der Waals surface area (Å²) in [6, 6.07) is 7.92. The predicted molar refractivity (Wildman–Crippen MR) is 90.9 cm³/mol. The number of hydrogen-bond donors (Lipinski definition) is 1. The van der Waals surface area contributed by atoms with Gasteiger partial charge in [0.25, 0.3) is 0 Å². The summed E-state index contributed by atoms with van der Waals surface area (Å²) in [6.07, 6.45) is 2.44. The lowest BCUT2D eigenvalue weighted by Crippen LogP contribution is -1.99. The topological polar surface area (TPSA) is 76.7 Å². The second-order valence-electron chi connectivity index (χ2n) is 5.10. The summed E-state index contributed by atoms with van der Waals surface area (Å²) >= 11 is 8.97. The Hall–Kier alpha value is -1.64. The molecule has 1 aliphatic carbocycles. The van der Waals surface area contributed by atoms with E-state index in [4.69, 9.17) is 16.1 Å². The van der Waals surface area contributed by atoms with E-state index in [1.165, 1.54) is 12.8 Å². The van der Waals surface area contributed by atoms with Gasteiger partial charge in [-0.3, -0.25) is 0 Å². The van der Waals surface area contributed by atoms with Crippen LogP contribution in [0.3, 0.4) is 0 Å². The lowest BCUT2D eigenvalue weighted by molar-refractivity contribution is 0.391. The van der Waals surface area contributed by atoms with Gasteiger partial charge in [0.1, 0.15) is 0 Å². The van der Waals surface area contributed by atoms with Gasteiger partial charge in [-0.15, -0.1) is 10.2 Å². The van der Waals surface area contributed by atoms with E-state index in [0.29, 0.717) is 28.5 Å². The molecule has 0 bridgehead atoms. The largest absolute Gasteiger partial charge is 0.357 e. The van der Waals surface area contributed by atoms with Gasteiger partial charge in [0.15, 0.2) is 4.34 Å². The highest BCUT2D eigenvalue weighted by atomic mass is 35.5. The van der Waals surface area contributed by atoms with Crippen LogP contribution in [0.25, 0.3) is 11.4 Å². The van der Waals surface area contributed by atoms with Crippen molar-refractivity contribution in [2.45, 2.75) is 29.0 Å². The number of anilines is 1. The van der Waals surface area contributed by atoms with Crippen LogP contribution in [-0.2, 0) is 5.75 Å². The van der Waals surface area contributed by atoms with Crippen molar-refractivity contribution in [3.63, 3.8) is 0 Å². The van der Waals surface area contributed by atoms with Crippen molar-refractivity contribution in [2.75, 3.05) is 5.32 Å². The molecule has 0 atom stereocenters. The molecular formula is C14H12ClN5OS2. The average molecular weight is 366 g/mol. The minimum atomic E-state index is 0.561. The molecule has 0 saturated heterocycles. The number of nitrogens with one attached hydrogen (secondary N) is 1. The van der Waals surface area contributed by atoms with Crippen LogP contribution in [0.1, 0.15) is 18.7 Å². The quantitative estimate of drug-likeness (QED) is 0.658. The lowest BCUT2D eigenvalue weighted by Gasteiger charge is -1.94. The number of nitrogens with zero attached hydrogens (tertiary/aromatic N) is 4. The molecule has 3 aromatic rings. The summed E-state index contributed by atoms with van der Waals surface area (Å²) in [4.78, 5) is 4.39. The molecule has 1 N–H and O–H groups in total. The maximum Gasteiger partial charge on any atom is 0.237 e. The molecule has 9 heteroatoms. The Balaban J connectivity index is 1.37. The van der Waals surface area contributed by atoms with Crippen molar-refractivity contribution in [3.05, 3.63) is 35.2 Å². The van der Waals surface area contributed by atoms with E-state index in [0.717, 1.165) is 15.0 Å². The molecule has 1 saturated carbocycles. The summed E-state index contributed by atoms with van der Waals surface area (Å²) in [6.45, 7) is 0. The molecule has 1 aromatic carbocycles. The van der Waals surface area contributed by atoms with Gasteiger partial charge in [0, 0.05) is 16.6 Å². The van der Waals surface area contributed by atoms with Gasteiger partial charge in [-0.2, -0.15) is 4.98 Å². The first-order chi connectivity index (χ1) is 11.3. The summed E-state index contributed by atoms with van der Waals surface area (Å²) in [7, 11) is 0. The Morgan fingerprint density at radius 1 is 1.26 bits per heavy atom. The van der Waals surface area contributed by atoms with Crippen molar-refractivity contribution >= 4 is 39.8 Å². The maximum atomic E-state index is 5.87. The Morgan fingerprint density at radius 2 is 2.09 bits per heavy atom. The van der Waals surface area contributed by atoms with E-state index >= 15 is 0 Å². The van der Waals surface area contributed by atoms with Gasteiger partial charge in [-0.05, 0) is 37.1 Å². The predicted octanol–water partition coefficient (Wildman–Crippen LogP) is 4.11. The van der Waals surface area contributed by atoms with E-state index in [-0.39, 0.29) is 0 Å². The molecule has 118 valence electrons. The molecule has 1 fully saturated rings. The van der Waals surface area contributed by atoms with Crippen LogP contribution < -0.4 is 5.32 Å². The Kier molecular flexibility index (Phi) is 4.19. The molecule has 0 aliphatic heterocycles. The molecule has 23 heavy (non-hydrogen) atoms. The highest BCUT2D eigenvalue weighted by Crippen LogP contribution is 2.31. The SMILES string of the molecule is Clc1ccc(-c2noc(CSc3nnc(NC4CC4)s3)n2)cc1. The average Bonchev–Trinajstić information content (AvgIpc) is 3.07. The van der Waals surface area contributed by atoms with Gasteiger partial charge in [0.05, 0.1) is 5.75 Å². The first kappa shape index (κ1) is 14.9. The van der Waals surface area contributed by atoms with E-state index < -0.39 is 0 Å². The van der Waals surface area contributed by atoms with E-state index in [9.17, 15) is 0 Å². The van der Waals surface area contributed by atoms with Crippen LogP contribution in [0.4, 0.5) is 5.13 Å². The number of thioether (sulfide) groups is 1. The van der Waals surface area contributed by atoms with E-state index in [1.807, 2.05) is 12.1 Å². The van der Waals surface area contributed by atoms with Crippen LogP contribution in [0.15, 0.2) is 33.1 Å². The molecule has 0 spiro atoms. The fraction of sp³-hybridized carbons (Fsp3) is 0.286. The van der Waals surface area contributed by atoms with Crippen LogP contribution in [0, 0.1) is 0 Å². The second kappa shape index (κ2) is 6.46. The highest BCUT2D eigenvalue weighted by Gasteiger charge is 2.22.